The number of nitrogens with zero attached hydrogens (tertiary/aromatic N) is 2. The largest absolute Gasteiger partial charge is 0.342 e. The van der Waals surface area contributed by atoms with Gasteiger partial charge in [-0.2, -0.15) is 0 Å². The van der Waals surface area contributed by atoms with Crippen LogP contribution in [0.3, 0.4) is 0 Å². The second kappa shape index (κ2) is 4.67. The predicted molar refractivity (Wildman–Crippen MR) is 68.5 cm³/mol. The van der Waals surface area contributed by atoms with Crippen LogP contribution in [-0.2, 0) is 11.3 Å². The Morgan fingerprint density at radius 3 is 2.82 bits per heavy atom. The van der Waals surface area contributed by atoms with Crippen molar-refractivity contribution in [1.29, 1.82) is 0 Å². The Morgan fingerprint density at radius 1 is 1.47 bits per heavy atom. The number of hydrogen-bond donors (Lipinski definition) is 1. The molecule has 1 fully saturated rings. The average molecular weight is 231 g/mol. The zero-order valence-corrected chi connectivity index (χ0v) is 10.3. The second-order valence-electron chi connectivity index (χ2n) is 4.41. The van der Waals surface area contributed by atoms with E-state index in [-0.39, 0.29) is 5.91 Å². The third-order valence-electron chi connectivity index (χ3n) is 3.26. The monoisotopic (exact) mass is 231 g/mol. The molecule has 1 aliphatic rings. The maximum atomic E-state index is 11.2. The van der Waals surface area contributed by atoms with Gasteiger partial charge in [0.15, 0.2) is 0 Å². The Hall–Kier alpha value is -1.68. The van der Waals surface area contributed by atoms with Crippen molar-refractivity contribution in [2.45, 2.75) is 20.4 Å². The van der Waals surface area contributed by atoms with Crippen molar-refractivity contribution in [2.75, 3.05) is 13.2 Å². The van der Waals surface area contributed by atoms with Gasteiger partial charge in [0.2, 0.25) is 5.91 Å². The van der Waals surface area contributed by atoms with Crippen LogP contribution in [-0.4, -0.2) is 30.7 Å². The molecule has 0 spiro atoms. The van der Waals surface area contributed by atoms with Gasteiger partial charge in [-0.15, -0.1) is 0 Å². The van der Waals surface area contributed by atoms with Gasteiger partial charge in [0.1, 0.15) is 0 Å². The zero-order valence-electron chi connectivity index (χ0n) is 10.3. The molecule has 1 N–H and O–H groups in total. The van der Waals surface area contributed by atoms with E-state index in [2.05, 4.69) is 41.8 Å². The van der Waals surface area contributed by atoms with Gasteiger partial charge in [-0.25, -0.2) is 0 Å². The van der Waals surface area contributed by atoms with Crippen LogP contribution in [0.4, 0.5) is 5.69 Å². The van der Waals surface area contributed by atoms with Crippen molar-refractivity contribution in [3.05, 3.63) is 28.8 Å². The zero-order chi connectivity index (χ0) is 12.4. The molecule has 4 nitrogen and oxygen atoms in total. The number of benzene rings is 1. The third-order valence-corrected chi connectivity index (χ3v) is 3.26. The van der Waals surface area contributed by atoms with E-state index >= 15 is 0 Å². The Morgan fingerprint density at radius 2 is 2.24 bits per heavy atom. The number of nitrogens with one attached hydrogen (secondary N) is 1. The fourth-order valence-corrected chi connectivity index (χ4v) is 2.06. The highest BCUT2D eigenvalue weighted by Crippen LogP contribution is 2.26. The molecule has 90 valence electrons. The second-order valence-corrected chi connectivity index (χ2v) is 4.41. The molecule has 0 bridgehead atoms. The van der Waals surface area contributed by atoms with E-state index in [0.29, 0.717) is 13.2 Å². The molecule has 0 radical (unpaired) electrons. The summed E-state index contributed by atoms with van der Waals surface area (Å²) in [5.74, 6) is 0.0865. The Labute approximate surface area is 101 Å². The van der Waals surface area contributed by atoms with E-state index in [0.717, 1.165) is 17.8 Å². The standard InChI is InChI=1S/C13H17N3O/c1-9-4-5-12(14-3)11(10(9)2)6-16-7-13(17)15-8-16/h4-5H,3,6-8H2,1-2H3,(H,15,17). The molecular formula is C13H17N3O. The molecule has 17 heavy (non-hydrogen) atoms. The smallest absolute Gasteiger partial charge is 0.235 e. The summed E-state index contributed by atoms with van der Waals surface area (Å²) in [6.07, 6.45) is 0. The normalized spacial score (nSPS) is 16.0. The number of hydrogen-bond acceptors (Lipinski definition) is 3. The fourth-order valence-electron chi connectivity index (χ4n) is 2.06. The molecule has 2 rings (SSSR count). The number of aliphatic imine (C=N–C) groups is 1. The summed E-state index contributed by atoms with van der Waals surface area (Å²) in [6.45, 7) is 9.58. The molecule has 1 heterocycles. The summed E-state index contributed by atoms with van der Waals surface area (Å²) in [5.41, 5.74) is 4.55. The first kappa shape index (κ1) is 11.8. The van der Waals surface area contributed by atoms with E-state index in [1.807, 2.05) is 6.07 Å². The Kier molecular flexibility index (Phi) is 3.24. The lowest BCUT2D eigenvalue weighted by atomic mass is 10.0. The van der Waals surface area contributed by atoms with E-state index in [1.165, 1.54) is 11.1 Å². The van der Waals surface area contributed by atoms with Crippen molar-refractivity contribution in [3.63, 3.8) is 0 Å². The number of rotatable bonds is 3. The maximum absolute atomic E-state index is 11.2. The SMILES string of the molecule is C=Nc1ccc(C)c(C)c1CN1CNC(=O)C1. The fraction of sp³-hybridized carbons (Fsp3) is 0.385. The highest BCUT2D eigenvalue weighted by molar-refractivity contribution is 5.79. The van der Waals surface area contributed by atoms with Gasteiger partial charge in [0.25, 0.3) is 0 Å². The quantitative estimate of drug-likeness (QED) is 0.802. The van der Waals surface area contributed by atoms with Gasteiger partial charge < -0.3 is 5.32 Å². The molecule has 0 saturated carbocycles. The van der Waals surface area contributed by atoms with Crippen molar-refractivity contribution < 1.29 is 4.79 Å². The lowest BCUT2D eigenvalue weighted by Gasteiger charge is -2.17. The molecule has 0 unspecified atom stereocenters. The molecule has 0 aromatic heterocycles. The maximum Gasteiger partial charge on any atom is 0.235 e. The van der Waals surface area contributed by atoms with Gasteiger partial charge >= 0.3 is 0 Å². The predicted octanol–water partition coefficient (Wildman–Crippen LogP) is 1.52. The van der Waals surface area contributed by atoms with Crippen molar-refractivity contribution >= 4 is 18.3 Å². The van der Waals surface area contributed by atoms with Gasteiger partial charge in [-0.3, -0.25) is 14.7 Å². The van der Waals surface area contributed by atoms with Crippen molar-refractivity contribution in [3.8, 4) is 0 Å². The van der Waals surface area contributed by atoms with Crippen LogP contribution >= 0.6 is 0 Å². The van der Waals surface area contributed by atoms with Crippen LogP contribution in [0, 0.1) is 13.8 Å². The summed E-state index contributed by atoms with van der Waals surface area (Å²) in [5, 5.41) is 2.80. The van der Waals surface area contributed by atoms with E-state index in [1.54, 1.807) is 0 Å². The summed E-state index contributed by atoms with van der Waals surface area (Å²) < 4.78 is 0. The summed E-state index contributed by atoms with van der Waals surface area (Å²) in [7, 11) is 0. The first-order valence-electron chi connectivity index (χ1n) is 5.66. The first-order valence-corrected chi connectivity index (χ1v) is 5.66. The molecule has 1 aromatic carbocycles. The molecule has 1 aromatic rings. The van der Waals surface area contributed by atoms with Gasteiger partial charge in [0, 0.05) is 6.54 Å². The highest BCUT2D eigenvalue weighted by Gasteiger charge is 2.20. The summed E-state index contributed by atoms with van der Waals surface area (Å²) in [4.78, 5) is 17.3. The summed E-state index contributed by atoms with van der Waals surface area (Å²) in [6, 6.07) is 4.03. The first-order chi connectivity index (χ1) is 8.11. The average Bonchev–Trinajstić information content (AvgIpc) is 2.71. The lowest BCUT2D eigenvalue weighted by Crippen LogP contribution is -2.22. The van der Waals surface area contributed by atoms with Crippen LogP contribution in [0.1, 0.15) is 16.7 Å². The third kappa shape index (κ3) is 2.36. The number of amides is 1. The minimum absolute atomic E-state index is 0.0865. The van der Waals surface area contributed by atoms with Gasteiger partial charge in [0.05, 0.1) is 18.9 Å². The topological polar surface area (TPSA) is 44.7 Å². The molecule has 1 amide bonds. The molecule has 0 atom stereocenters. The van der Waals surface area contributed by atoms with Crippen LogP contribution in [0.5, 0.6) is 0 Å². The molecular weight excluding hydrogens is 214 g/mol. The minimum atomic E-state index is 0.0865. The Bertz CT molecular complexity index is 468. The number of aryl methyl sites for hydroxylation is 1. The van der Waals surface area contributed by atoms with Crippen LogP contribution in [0.25, 0.3) is 0 Å². The molecule has 4 heteroatoms. The van der Waals surface area contributed by atoms with Crippen LogP contribution in [0.15, 0.2) is 17.1 Å². The van der Waals surface area contributed by atoms with Crippen molar-refractivity contribution in [2.24, 2.45) is 4.99 Å². The minimum Gasteiger partial charge on any atom is -0.342 e. The molecule has 1 saturated heterocycles. The van der Waals surface area contributed by atoms with Crippen LogP contribution < -0.4 is 5.32 Å². The summed E-state index contributed by atoms with van der Waals surface area (Å²) >= 11 is 0. The lowest BCUT2D eigenvalue weighted by molar-refractivity contribution is -0.118. The highest BCUT2D eigenvalue weighted by atomic mass is 16.2. The van der Waals surface area contributed by atoms with Crippen molar-refractivity contribution in [1.82, 2.24) is 10.2 Å². The van der Waals surface area contributed by atoms with Gasteiger partial charge in [-0.05, 0) is 43.3 Å². The number of carbonyl (C=O) groups excluding carboxylic acids is 1. The number of carbonyl (C=O) groups is 1. The Balaban J connectivity index is 2.27. The van der Waals surface area contributed by atoms with Gasteiger partial charge in [-0.1, -0.05) is 6.07 Å². The van der Waals surface area contributed by atoms with Crippen LogP contribution in [0.2, 0.25) is 0 Å². The van der Waals surface area contributed by atoms with E-state index < -0.39 is 0 Å². The molecule has 1 aliphatic heterocycles. The molecule has 0 aliphatic carbocycles. The van der Waals surface area contributed by atoms with E-state index in [4.69, 9.17) is 0 Å². The van der Waals surface area contributed by atoms with E-state index in [9.17, 15) is 4.79 Å².